The maximum absolute atomic E-state index is 11.8. The Kier molecular flexibility index (Phi) is 4.70. The Morgan fingerprint density at radius 3 is 3.00 bits per heavy atom. The van der Waals surface area contributed by atoms with Gasteiger partial charge in [0.05, 0.1) is 19.6 Å². The normalized spacial score (nSPS) is 19.4. The molecule has 8 heteroatoms. The summed E-state index contributed by atoms with van der Waals surface area (Å²) < 4.78 is 0. The Morgan fingerprint density at radius 2 is 2.35 bits per heavy atom. The number of nitrogens with zero attached hydrogens (tertiary/aromatic N) is 1. The Balaban J connectivity index is 1.87. The van der Waals surface area contributed by atoms with E-state index >= 15 is 0 Å². The molecule has 0 aromatic carbocycles. The molecule has 1 aliphatic heterocycles. The standard InChI is InChI=1S/C12H15N3O4S/c16-10(13-4-8-2-1-3-20-8)6-15-7-11(17)14-5-9(15)12(18)19/h1-3,9H,4-7H2,(H,13,16)(H,14,17)(H,18,19). The zero-order chi connectivity index (χ0) is 14.5. The molecule has 3 N–H and O–H groups in total. The van der Waals surface area contributed by atoms with Crippen LogP contribution in [0.25, 0.3) is 0 Å². The van der Waals surface area contributed by atoms with Crippen LogP contribution in [0.3, 0.4) is 0 Å². The maximum atomic E-state index is 11.8. The molecule has 7 nitrogen and oxygen atoms in total. The number of thiophene rings is 1. The van der Waals surface area contributed by atoms with E-state index in [0.717, 1.165) is 4.88 Å². The molecule has 108 valence electrons. The molecule has 1 aliphatic rings. The number of carboxylic acid groups (broad SMARTS) is 1. The summed E-state index contributed by atoms with van der Waals surface area (Å²) in [6, 6.07) is 2.93. The van der Waals surface area contributed by atoms with Crippen LogP contribution < -0.4 is 10.6 Å². The molecule has 0 spiro atoms. The number of carbonyl (C=O) groups is 3. The van der Waals surface area contributed by atoms with E-state index < -0.39 is 12.0 Å². The van der Waals surface area contributed by atoms with E-state index in [4.69, 9.17) is 5.11 Å². The van der Waals surface area contributed by atoms with Gasteiger partial charge in [-0.3, -0.25) is 19.3 Å². The molecule has 0 aliphatic carbocycles. The Bertz CT molecular complexity index is 503. The number of hydrogen-bond donors (Lipinski definition) is 3. The predicted molar refractivity (Wildman–Crippen MR) is 72.2 cm³/mol. The van der Waals surface area contributed by atoms with Gasteiger partial charge in [-0.2, -0.15) is 0 Å². The van der Waals surface area contributed by atoms with Gasteiger partial charge in [-0.05, 0) is 11.4 Å². The minimum atomic E-state index is -1.05. The fraction of sp³-hybridized carbons (Fsp3) is 0.417. The second-order valence-electron chi connectivity index (χ2n) is 4.42. The van der Waals surface area contributed by atoms with E-state index in [2.05, 4.69) is 10.6 Å². The van der Waals surface area contributed by atoms with Gasteiger partial charge in [-0.1, -0.05) is 6.07 Å². The second kappa shape index (κ2) is 6.49. The maximum Gasteiger partial charge on any atom is 0.322 e. The van der Waals surface area contributed by atoms with Gasteiger partial charge >= 0.3 is 5.97 Å². The minimum absolute atomic E-state index is 0.0202. The third kappa shape index (κ3) is 3.78. The van der Waals surface area contributed by atoms with Gasteiger partial charge in [-0.15, -0.1) is 11.3 Å². The third-order valence-electron chi connectivity index (χ3n) is 2.95. The topological polar surface area (TPSA) is 98.7 Å². The van der Waals surface area contributed by atoms with E-state index in [1.54, 1.807) is 0 Å². The van der Waals surface area contributed by atoms with Crippen molar-refractivity contribution < 1.29 is 19.5 Å². The third-order valence-corrected chi connectivity index (χ3v) is 3.83. The molecular weight excluding hydrogens is 282 g/mol. The molecule has 1 aromatic rings. The summed E-state index contributed by atoms with van der Waals surface area (Å²) in [4.78, 5) is 36.6. The van der Waals surface area contributed by atoms with E-state index in [1.165, 1.54) is 16.2 Å². The number of piperazine rings is 1. The van der Waals surface area contributed by atoms with Crippen molar-refractivity contribution in [2.45, 2.75) is 12.6 Å². The van der Waals surface area contributed by atoms with Crippen LogP contribution in [0.1, 0.15) is 4.88 Å². The molecule has 2 rings (SSSR count). The van der Waals surface area contributed by atoms with Gasteiger partial charge in [0, 0.05) is 11.4 Å². The summed E-state index contributed by atoms with van der Waals surface area (Å²) in [5.74, 6) is -1.61. The van der Waals surface area contributed by atoms with Crippen LogP contribution >= 0.6 is 11.3 Å². The van der Waals surface area contributed by atoms with Gasteiger partial charge in [0.1, 0.15) is 6.04 Å². The number of carbonyl (C=O) groups excluding carboxylic acids is 2. The first-order chi connectivity index (χ1) is 9.56. The summed E-state index contributed by atoms with van der Waals surface area (Å²) in [6.45, 7) is 0.250. The van der Waals surface area contributed by atoms with Gasteiger partial charge in [-0.25, -0.2) is 0 Å². The number of hydrogen-bond acceptors (Lipinski definition) is 5. The monoisotopic (exact) mass is 297 g/mol. The lowest BCUT2D eigenvalue weighted by atomic mass is 10.2. The summed E-state index contributed by atoms with van der Waals surface area (Å²) >= 11 is 1.53. The van der Waals surface area contributed by atoms with Crippen LogP contribution in [0.4, 0.5) is 0 Å². The van der Waals surface area contributed by atoms with Gasteiger partial charge in [0.25, 0.3) is 0 Å². The molecule has 2 amide bonds. The highest BCUT2D eigenvalue weighted by Crippen LogP contribution is 2.08. The fourth-order valence-corrected chi connectivity index (χ4v) is 2.58. The first-order valence-corrected chi connectivity index (χ1v) is 6.97. The van der Waals surface area contributed by atoms with Crippen LogP contribution in [-0.4, -0.2) is 53.5 Å². The SMILES string of the molecule is O=C(CN1CC(=O)NCC1C(=O)O)NCc1cccs1. The summed E-state index contributed by atoms with van der Waals surface area (Å²) in [6.07, 6.45) is 0. The Labute approximate surface area is 119 Å². The van der Waals surface area contributed by atoms with Crippen molar-refractivity contribution in [2.75, 3.05) is 19.6 Å². The molecule has 0 bridgehead atoms. The van der Waals surface area contributed by atoms with Crippen molar-refractivity contribution in [3.8, 4) is 0 Å². The highest BCUT2D eigenvalue weighted by atomic mass is 32.1. The quantitative estimate of drug-likeness (QED) is 0.664. The molecule has 1 atom stereocenters. The van der Waals surface area contributed by atoms with Crippen LogP contribution in [0.2, 0.25) is 0 Å². The van der Waals surface area contributed by atoms with Gasteiger partial charge in [0.2, 0.25) is 11.8 Å². The molecule has 1 unspecified atom stereocenters. The number of aliphatic carboxylic acids is 1. The molecular formula is C12H15N3O4S. The Hall–Kier alpha value is -1.93. The van der Waals surface area contributed by atoms with Gasteiger partial charge < -0.3 is 15.7 Å². The molecule has 0 radical (unpaired) electrons. The van der Waals surface area contributed by atoms with Crippen LogP contribution in [0.5, 0.6) is 0 Å². The Morgan fingerprint density at radius 1 is 1.55 bits per heavy atom. The van der Waals surface area contributed by atoms with Crippen molar-refractivity contribution >= 4 is 29.1 Å². The highest BCUT2D eigenvalue weighted by molar-refractivity contribution is 7.09. The lowest BCUT2D eigenvalue weighted by molar-refractivity contribution is -0.146. The molecule has 0 saturated carbocycles. The van der Waals surface area contributed by atoms with Crippen molar-refractivity contribution in [2.24, 2.45) is 0 Å². The van der Waals surface area contributed by atoms with Crippen LogP contribution in [-0.2, 0) is 20.9 Å². The highest BCUT2D eigenvalue weighted by Gasteiger charge is 2.32. The zero-order valence-electron chi connectivity index (χ0n) is 10.7. The second-order valence-corrected chi connectivity index (χ2v) is 5.45. The summed E-state index contributed by atoms with van der Waals surface area (Å²) in [7, 11) is 0. The zero-order valence-corrected chi connectivity index (χ0v) is 11.5. The number of rotatable bonds is 5. The average Bonchev–Trinajstić information content (AvgIpc) is 2.89. The van der Waals surface area contributed by atoms with E-state index in [-0.39, 0.29) is 31.4 Å². The van der Waals surface area contributed by atoms with Crippen LogP contribution in [0, 0.1) is 0 Å². The van der Waals surface area contributed by atoms with Gasteiger partial charge in [0.15, 0.2) is 0 Å². The molecule has 20 heavy (non-hydrogen) atoms. The number of nitrogens with one attached hydrogen (secondary N) is 2. The number of amides is 2. The summed E-state index contributed by atoms with van der Waals surface area (Å²) in [5, 5.41) is 16.2. The van der Waals surface area contributed by atoms with E-state index in [9.17, 15) is 14.4 Å². The largest absolute Gasteiger partial charge is 0.480 e. The predicted octanol–water partition coefficient (Wildman–Crippen LogP) is -0.751. The molecule has 1 saturated heterocycles. The van der Waals surface area contributed by atoms with Crippen molar-refractivity contribution in [1.29, 1.82) is 0 Å². The lowest BCUT2D eigenvalue weighted by Crippen LogP contribution is -2.59. The van der Waals surface area contributed by atoms with E-state index in [0.29, 0.717) is 6.54 Å². The first-order valence-electron chi connectivity index (χ1n) is 6.09. The average molecular weight is 297 g/mol. The molecule has 2 heterocycles. The van der Waals surface area contributed by atoms with E-state index in [1.807, 2.05) is 17.5 Å². The molecule has 1 aromatic heterocycles. The van der Waals surface area contributed by atoms with Crippen molar-refractivity contribution in [3.63, 3.8) is 0 Å². The van der Waals surface area contributed by atoms with Crippen LogP contribution in [0.15, 0.2) is 17.5 Å². The molecule has 1 fully saturated rings. The minimum Gasteiger partial charge on any atom is -0.480 e. The first kappa shape index (κ1) is 14.5. The number of carboxylic acids is 1. The van der Waals surface area contributed by atoms with Crippen molar-refractivity contribution in [3.05, 3.63) is 22.4 Å². The smallest absolute Gasteiger partial charge is 0.322 e. The summed E-state index contributed by atoms with van der Waals surface area (Å²) in [5.41, 5.74) is 0. The lowest BCUT2D eigenvalue weighted by Gasteiger charge is -2.31. The van der Waals surface area contributed by atoms with Crippen molar-refractivity contribution in [1.82, 2.24) is 15.5 Å². The fourth-order valence-electron chi connectivity index (χ4n) is 1.94.